The molecule has 0 fully saturated rings. The van der Waals surface area contributed by atoms with Crippen molar-refractivity contribution >= 4 is 17.4 Å². The lowest BCUT2D eigenvalue weighted by molar-refractivity contribution is 0.262. The number of hydrogen-bond donors (Lipinski definition) is 2. The van der Waals surface area contributed by atoms with Gasteiger partial charge in [0.1, 0.15) is 5.75 Å². The molecule has 0 bridgehead atoms. The van der Waals surface area contributed by atoms with Gasteiger partial charge in [-0.25, -0.2) is 9.78 Å². The number of hydrogen-bond acceptors (Lipinski definition) is 3. The van der Waals surface area contributed by atoms with Gasteiger partial charge in [0.15, 0.2) is 0 Å². The molecule has 1 heterocycles. The molecule has 126 valence electrons. The van der Waals surface area contributed by atoms with Gasteiger partial charge in [-0.05, 0) is 43.7 Å². The van der Waals surface area contributed by atoms with Crippen molar-refractivity contribution < 1.29 is 9.53 Å². The van der Waals surface area contributed by atoms with Gasteiger partial charge in [0.25, 0.3) is 0 Å². The smallest absolute Gasteiger partial charge is 0.323 e. The third-order valence-electron chi connectivity index (χ3n) is 3.63. The predicted octanol–water partition coefficient (Wildman–Crippen LogP) is 5.13. The number of para-hydroxylation sites is 1. The summed E-state index contributed by atoms with van der Waals surface area (Å²) in [6, 6.07) is 18.5. The first kappa shape index (κ1) is 16.5. The van der Waals surface area contributed by atoms with Crippen LogP contribution < -0.4 is 15.4 Å². The fraction of sp³-hybridized carbons (Fsp3) is 0.100. The Hall–Kier alpha value is -3.34. The van der Waals surface area contributed by atoms with E-state index in [4.69, 9.17) is 4.74 Å². The van der Waals surface area contributed by atoms with Crippen LogP contribution in [0.5, 0.6) is 11.6 Å². The number of anilines is 2. The summed E-state index contributed by atoms with van der Waals surface area (Å²) >= 11 is 0. The summed E-state index contributed by atoms with van der Waals surface area (Å²) in [5, 5.41) is 5.56. The zero-order chi connectivity index (χ0) is 17.6. The number of aromatic nitrogens is 1. The zero-order valence-corrected chi connectivity index (χ0v) is 14.1. The molecule has 2 amide bonds. The highest BCUT2D eigenvalue weighted by Gasteiger charge is 2.05. The predicted molar refractivity (Wildman–Crippen MR) is 99.3 cm³/mol. The van der Waals surface area contributed by atoms with Crippen LogP contribution in [0.4, 0.5) is 16.2 Å². The van der Waals surface area contributed by atoms with Crippen molar-refractivity contribution in [3.63, 3.8) is 0 Å². The molecule has 0 atom stereocenters. The summed E-state index contributed by atoms with van der Waals surface area (Å²) in [5.41, 5.74) is 3.52. The Balaban J connectivity index is 1.59. The Labute approximate surface area is 146 Å². The molecule has 5 nitrogen and oxygen atoms in total. The maximum absolute atomic E-state index is 12.1. The lowest BCUT2D eigenvalue weighted by atomic mass is 10.2. The number of nitrogens with one attached hydrogen (secondary N) is 2. The van der Waals surface area contributed by atoms with E-state index in [1.165, 1.54) is 5.56 Å². The van der Waals surface area contributed by atoms with E-state index in [1.807, 2.05) is 62.4 Å². The SMILES string of the molecule is Cc1ccc(Oc2ccc(NC(=O)Nc3ccccc3C)cn2)cc1. The summed E-state index contributed by atoms with van der Waals surface area (Å²) in [6.45, 7) is 3.96. The fourth-order valence-corrected chi connectivity index (χ4v) is 2.24. The van der Waals surface area contributed by atoms with Crippen LogP contribution in [0.3, 0.4) is 0 Å². The second-order valence-electron chi connectivity index (χ2n) is 5.69. The number of ether oxygens (including phenoxy) is 1. The van der Waals surface area contributed by atoms with Gasteiger partial charge in [0.05, 0.1) is 11.9 Å². The van der Waals surface area contributed by atoms with Crippen LogP contribution in [0.15, 0.2) is 66.9 Å². The van der Waals surface area contributed by atoms with E-state index in [2.05, 4.69) is 15.6 Å². The molecule has 0 aliphatic carbocycles. The third kappa shape index (κ3) is 4.57. The standard InChI is InChI=1S/C20H19N3O2/c1-14-7-10-17(11-8-14)25-19-12-9-16(13-21-19)22-20(24)23-18-6-4-3-5-15(18)2/h3-13H,1-2H3,(H2,22,23,24). The van der Waals surface area contributed by atoms with Gasteiger partial charge in [-0.1, -0.05) is 35.9 Å². The Morgan fingerprint density at radius 2 is 1.68 bits per heavy atom. The van der Waals surface area contributed by atoms with Gasteiger partial charge in [-0.15, -0.1) is 0 Å². The van der Waals surface area contributed by atoms with Crippen LogP contribution in [-0.2, 0) is 0 Å². The molecule has 1 aromatic heterocycles. The van der Waals surface area contributed by atoms with Gasteiger partial charge in [-0.2, -0.15) is 0 Å². The first-order valence-corrected chi connectivity index (χ1v) is 7.94. The average molecular weight is 333 g/mol. The number of carbonyl (C=O) groups is 1. The minimum Gasteiger partial charge on any atom is -0.439 e. The van der Waals surface area contributed by atoms with Crippen LogP contribution in [0.2, 0.25) is 0 Å². The quantitative estimate of drug-likeness (QED) is 0.695. The van der Waals surface area contributed by atoms with Gasteiger partial charge in [-0.3, -0.25) is 0 Å². The second-order valence-corrected chi connectivity index (χ2v) is 5.69. The molecule has 0 spiro atoms. The minimum atomic E-state index is -0.316. The van der Waals surface area contributed by atoms with Crippen molar-refractivity contribution in [2.75, 3.05) is 10.6 Å². The first-order chi connectivity index (χ1) is 12.1. The van der Waals surface area contributed by atoms with E-state index in [0.717, 1.165) is 17.0 Å². The zero-order valence-electron chi connectivity index (χ0n) is 14.1. The van der Waals surface area contributed by atoms with Crippen molar-refractivity contribution in [1.29, 1.82) is 0 Å². The molecule has 2 N–H and O–H groups in total. The number of rotatable bonds is 4. The lowest BCUT2D eigenvalue weighted by Crippen LogP contribution is -2.20. The Kier molecular flexibility index (Phi) is 4.95. The normalized spacial score (nSPS) is 10.2. The van der Waals surface area contributed by atoms with E-state index < -0.39 is 0 Å². The second kappa shape index (κ2) is 7.49. The summed E-state index contributed by atoms with van der Waals surface area (Å²) in [6.07, 6.45) is 1.56. The molecule has 0 saturated heterocycles. The number of urea groups is 1. The summed E-state index contributed by atoms with van der Waals surface area (Å²) in [7, 11) is 0. The number of amides is 2. The van der Waals surface area contributed by atoms with Crippen molar-refractivity contribution in [3.8, 4) is 11.6 Å². The Bertz CT molecular complexity index is 859. The third-order valence-corrected chi connectivity index (χ3v) is 3.63. The molecule has 3 rings (SSSR count). The average Bonchev–Trinajstić information content (AvgIpc) is 2.61. The molecular weight excluding hydrogens is 314 g/mol. The van der Waals surface area contributed by atoms with Crippen LogP contribution in [-0.4, -0.2) is 11.0 Å². The topological polar surface area (TPSA) is 63.2 Å². The van der Waals surface area contributed by atoms with Crippen LogP contribution in [0.1, 0.15) is 11.1 Å². The van der Waals surface area contributed by atoms with E-state index in [-0.39, 0.29) is 6.03 Å². The van der Waals surface area contributed by atoms with Crippen molar-refractivity contribution in [3.05, 3.63) is 78.0 Å². The first-order valence-electron chi connectivity index (χ1n) is 7.94. The van der Waals surface area contributed by atoms with Crippen molar-refractivity contribution in [1.82, 2.24) is 4.98 Å². The van der Waals surface area contributed by atoms with Crippen LogP contribution in [0.25, 0.3) is 0 Å². The number of benzene rings is 2. The largest absolute Gasteiger partial charge is 0.439 e. The molecule has 0 aliphatic heterocycles. The molecule has 0 saturated carbocycles. The number of nitrogens with zero attached hydrogens (tertiary/aromatic N) is 1. The number of carbonyl (C=O) groups excluding carboxylic acids is 1. The van der Waals surface area contributed by atoms with E-state index >= 15 is 0 Å². The van der Waals surface area contributed by atoms with Gasteiger partial charge >= 0.3 is 6.03 Å². The molecule has 5 heteroatoms. The molecule has 3 aromatic rings. The van der Waals surface area contributed by atoms with E-state index in [1.54, 1.807) is 18.3 Å². The highest BCUT2D eigenvalue weighted by atomic mass is 16.5. The summed E-state index contributed by atoms with van der Waals surface area (Å²) < 4.78 is 5.67. The minimum absolute atomic E-state index is 0.316. The van der Waals surface area contributed by atoms with E-state index in [9.17, 15) is 4.79 Å². The lowest BCUT2D eigenvalue weighted by Gasteiger charge is -2.10. The van der Waals surface area contributed by atoms with Gasteiger partial charge in [0.2, 0.25) is 5.88 Å². The maximum Gasteiger partial charge on any atom is 0.323 e. The van der Waals surface area contributed by atoms with Crippen LogP contribution >= 0.6 is 0 Å². The molecule has 0 aliphatic rings. The molecule has 2 aromatic carbocycles. The Morgan fingerprint density at radius 1 is 0.920 bits per heavy atom. The van der Waals surface area contributed by atoms with Crippen molar-refractivity contribution in [2.24, 2.45) is 0 Å². The number of aryl methyl sites for hydroxylation is 2. The molecular formula is C20H19N3O2. The molecule has 0 radical (unpaired) electrons. The number of pyridine rings is 1. The molecule has 0 unspecified atom stereocenters. The summed E-state index contributed by atoms with van der Waals surface area (Å²) in [4.78, 5) is 16.3. The van der Waals surface area contributed by atoms with Gasteiger partial charge in [0, 0.05) is 11.8 Å². The highest BCUT2D eigenvalue weighted by molar-refractivity contribution is 6.00. The monoisotopic (exact) mass is 333 g/mol. The van der Waals surface area contributed by atoms with Crippen LogP contribution in [0, 0.1) is 13.8 Å². The molecule has 25 heavy (non-hydrogen) atoms. The Morgan fingerprint density at radius 3 is 2.36 bits per heavy atom. The van der Waals surface area contributed by atoms with E-state index in [0.29, 0.717) is 11.6 Å². The van der Waals surface area contributed by atoms with Gasteiger partial charge < -0.3 is 15.4 Å². The summed E-state index contributed by atoms with van der Waals surface area (Å²) in [5.74, 6) is 1.19. The van der Waals surface area contributed by atoms with Crippen molar-refractivity contribution in [2.45, 2.75) is 13.8 Å². The fourth-order valence-electron chi connectivity index (χ4n) is 2.24. The highest BCUT2D eigenvalue weighted by Crippen LogP contribution is 2.21. The maximum atomic E-state index is 12.1.